The summed E-state index contributed by atoms with van der Waals surface area (Å²) in [5.74, 6) is 0. The zero-order valence-corrected chi connectivity index (χ0v) is 10.0. The van der Waals surface area contributed by atoms with Crippen LogP contribution in [0.5, 0.6) is 0 Å². The van der Waals surface area contributed by atoms with Crippen molar-refractivity contribution < 1.29 is 103 Å². The van der Waals surface area contributed by atoms with Crippen LogP contribution in [0.2, 0.25) is 0 Å². The number of hydrogen-bond acceptors (Lipinski definition) is 3. The first kappa shape index (κ1) is 15.7. The van der Waals surface area contributed by atoms with Crippen molar-refractivity contribution in [1.82, 2.24) is 0 Å². The van der Waals surface area contributed by atoms with E-state index in [0.29, 0.717) is 0 Å². The molecule has 0 amide bonds. The topological polar surface area (TPSA) is 63.2 Å². The maximum Gasteiger partial charge on any atom is 1.00 e. The van der Waals surface area contributed by atoms with E-state index in [-0.39, 0.29) is 87.8 Å². The minimum absolute atomic E-state index is 0. The van der Waals surface area contributed by atoms with Crippen LogP contribution in [0.4, 0.5) is 4.79 Å². The van der Waals surface area contributed by atoms with Crippen LogP contribution in [0, 0.1) is 0 Å². The molecule has 0 fully saturated rings. The summed E-state index contributed by atoms with van der Waals surface area (Å²) < 4.78 is 0. The second kappa shape index (κ2) is 10.0. The molecule has 0 N–H and O–H groups in total. The summed E-state index contributed by atoms with van der Waals surface area (Å²) in [5, 5.41) is 16.7. The van der Waals surface area contributed by atoms with Crippen LogP contribution in [0.25, 0.3) is 0 Å². The summed E-state index contributed by atoms with van der Waals surface area (Å²) >= 11 is 0. The standard InChI is InChI=1S/CH2O3.Cs.Li/c2-1(3)4;;/h(H2,2,3,4);;/q;2*+1/p-2. The maximum absolute atomic E-state index is 8.33. The third kappa shape index (κ3) is 38.9. The minimum Gasteiger partial charge on any atom is -0.652 e. The summed E-state index contributed by atoms with van der Waals surface area (Å²) in [7, 11) is 0. The van der Waals surface area contributed by atoms with E-state index in [0.717, 1.165) is 0 Å². The van der Waals surface area contributed by atoms with Gasteiger partial charge in [-0.15, -0.1) is 0 Å². The molecule has 0 heterocycles. The number of rotatable bonds is 0. The Morgan fingerprint density at radius 3 is 1.33 bits per heavy atom. The zero-order chi connectivity index (χ0) is 3.58. The first-order valence-corrected chi connectivity index (χ1v) is 0.612. The van der Waals surface area contributed by atoms with Gasteiger partial charge in [0.05, 0.1) is 0 Å². The number of carbonyl (C=O) groups is 1. The van der Waals surface area contributed by atoms with Crippen molar-refractivity contribution in [2.24, 2.45) is 0 Å². The molecule has 5 heteroatoms. The Labute approximate surface area is 106 Å². The van der Waals surface area contributed by atoms with Crippen molar-refractivity contribution in [2.75, 3.05) is 0 Å². The molecule has 0 aromatic carbocycles. The van der Waals surface area contributed by atoms with Crippen molar-refractivity contribution in [3.8, 4) is 0 Å². The molecule has 0 saturated carbocycles. The Balaban J connectivity index is -0.0000000450. The van der Waals surface area contributed by atoms with Gasteiger partial charge in [-0.25, -0.2) is 0 Å². The molecule has 0 aromatic rings. The number of hydrogen-bond donors (Lipinski definition) is 0. The number of carboxylic acid groups (broad SMARTS) is 2. The van der Waals surface area contributed by atoms with Crippen LogP contribution in [-0.4, -0.2) is 6.16 Å². The van der Waals surface area contributed by atoms with Crippen LogP contribution in [-0.2, 0) is 0 Å². The van der Waals surface area contributed by atoms with E-state index in [1.54, 1.807) is 0 Å². The third-order valence-electron chi connectivity index (χ3n) is 0. The van der Waals surface area contributed by atoms with Crippen LogP contribution >= 0.6 is 0 Å². The quantitative estimate of drug-likeness (QED) is 0.364. The molecule has 0 radical (unpaired) electrons. The molecular formula is CCsLiO3. The first-order chi connectivity index (χ1) is 1.73. The normalized spacial score (nSPS) is 4.00. The average Bonchev–Trinajstić information content (AvgIpc) is 0.811. The number of carbonyl (C=O) groups excluding carboxylic acids is 1. The Hall–Kier alpha value is 1.92. The Kier molecular flexibility index (Phi) is 26.2. The molecule has 0 bridgehead atoms. The summed E-state index contributed by atoms with van der Waals surface area (Å²) in [4.78, 5) is 8.33. The molecule has 0 unspecified atom stereocenters. The van der Waals surface area contributed by atoms with Crippen molar-refractivity contribution in [3.63, 3.8) is 0 Å². The van der Waals surface area contributed by atoms with Gasteiger partial charge in [0.2, 0.25) is 0 Å². The largest absolute Gasteiger partial charge is 1.00 e. The Bertz CT molecular complexity index is 33.8. The van der Waals surface area contributed by atoms with Gasteiger partial charge in [-0.05, 0) is 6.16 Å². The second-order valence-corrected chi connectivity index (χ2v) is 0.250. The van der Waals surface area contributed by atoms with Crippen molar-refractivity contribution >= 4 is 6.16 Å². The van der Waals surface area contributed by atoms with Gasteiger partial charge in [0.15, 0.2) is 0 Å². The predicted molar refractivity (Wildman–Crippen MR) is 5.40 cm³/mol. The van der Waals surface area contributed by atoms with E-state index < -0.39 is 6.16 Å². The molecule has 0 atom stereocenters. The predicted octanol–water partition coefficient (Wildman–Crippen LogP) is -8.44. The molecule has 0 aliphatic carbocycles. The molecule has 3 nitrogen and oxygen atoms in total. The molecular weight excluding hydrogens is 200 g/mol. The summed E-state index contributed by atoms with van der Waals surface area (Å²) in [6.45, 7) is 0. The van der Waals surface area contributed by atoms with Gasteiger partial charge in [-0.3, -0.25) is 0 Å². The van der Waals surface area contributed by atoms with Crippen LogP contribution < -0.4 is 98.0 Å². The second-order valence-electron chi connectivity index (χ2n) is 0.250. The molecule has 0 aliphatic rings. The minimum atomic E-state index is -2.33. The summed E-state index contributed by atoms with van der Waals surface area (Å²) in [6.07, 6.45) is -2.33. The first-order valence-electron chi connectivity index (χ1n) is 0.612. The van der Waals surface area contributed by atoms with E-state index in [1.807, 2.05) is 0 Å². The Morgan fingerprint density at radius 1 is 1.33 bits per heavy atom. The van der Waals surface area contributed by atoms with Gasteiger partial charge in [-0.1, -0.05) is 0 Å². The van der Waals surface area contributed by atoms with Crippen LogP contribution in [0.15, 0.2) is 0 Å². The van der Waals surface area contributed by atoms with Gasteiger partial charge in [0.1, 0.15) is 0 Å². The van der Waals surface area contributed by atoms with Crippen molar-refractivity contribution in [2.45, 2.75) is 0 Å². The van der Waals surface area contributed by atoms with Gasteiger partial charge in [0.25, 0.3) is 0 Å². The fourth-order valence-electron chi connectivity index (χ4n) is 0. The molecule has 6 heavy (non-hydrogen) atoms. The van der Waals surface area contributed by atoms with E-state index in [9.17, 15) is 0 Å². The van der Waals surface area contributed by atoms with Gasteiger partial charge >= 0.3 is 87.8 Å². The van der Waals surface area contributed by atoms with Gasteiger partial charge in [-0.2, -0.15) is 0 Å². The monoisotopic (exact) mass is 200 g/mol. The average molecular weight is 200 g/mol. The smallest absolute Gasteiger partial charge is 0.652 e. The van der Waals surface area contributed by atoms with E-state index in [4.69, 9.17) is 15.0 Å². The molecule has 0 aliphatic heterocycles. The fourth-order valence-corrected chi connectivity index (χ4v) is 0. The molecule has 0 rings (SSSR count). The van der Waals surface area contributed by atoms with Crippen LogP contribution in [0.1, 0.15) is 0 Å². The third-order valence-corrected chi connectivity index (χ3v) is 0. The van der Waals surface area contributed by atoms with Crippen molar-refractivity contribution in [3.05, 3.63) is 0 Å². The molecule has 0 spiro atoms. The molecule has 24 valence electrons. The SMILES string of the molecule is O=C([O-])[O-].[Cs+].[Li+]. The maximum atomic E-state index is 8.33. The van der Waals surface area contributed by atoms with Gasteiger partial charge < -0.3 is 15.0 Å². The van der Waals surface area contributed by atoms with E-state index in [1.165, 1.54) is 0 Å². The summed E-state index contributed by atoms with van der Waals surface area (Å²) in [5.41, 5.74) is 0. The molecule has 0 saturated heterocycles. The van der Waals surface area contributed by atoms with Gasteiger partial charge in [0, 0.05) is 0 Å². The molecule has 0 aromatic heterocycles. The van der Waals surface area contributed by atoms with Crippen LogP contribution in [0.3, 0.4) is 0 Å². The van der Waals surface area contributed by atoms with Crippen molar-refractivity contribution in [1.29, 1.82) is 0 Å². The fraction of sp³-hybridized carbons (Fsp3) is 0. The Morgan fingerprint density at radius 2 is 1.33 bits per heavy atom. The summed E-state index contributed by atoms with van der Waals surface area (Å²) in [6, 6.07) is 0. The zero-order valence-electron chi connectivity index (χ0n) is 3.72. The van der Waals surface area contributed by atoms with E-state index in [2.05, 4.69) is 0 Å². The van der Waals surface area contributed by atoms with E-state index >= 15 is 0 Å².